The van der Waals surface area contributed by atoms with E-state index in [2.05, 4.69) is 0 Å². The van der Waals surface area contributed by atoms with E-state index in [1.54, 1.807) is 24.3 Å². The Balaban J connectivity index is 2.11. The average molecular weight is 238 g/mol. The van der Waals surface area contributed by atoms with Crippen LogP contribution in [0.4, 0.5) is 0 Å². The Morgan fingerprint density at radius 1 is 0.944 bits per heavy atom. The molecule has 0 radical (unpaired) electrons. The van der Waals surface area contributed by atoms with Crippen LogP contribution >= 0.6 is 0 Å². The van der Waals surface area contributed by atoms with Gasteiger partial charge in [0.05, 0.1) is 0 Å². The predicted molar refractivity (Wildman–Crippen MR) is 70.7 cm³/mol. The van der Waals surface area contributed by atoms with Crippen LogP contribution in [0.15, 0.2) is 54.6 Å². The molecule has 2 aromatic rings. The van der Waals surface area contributed by atoms with Crippen molar-refractivity contribution in [3.05, 3.63) is 71.3 Å². The van der Waals surface area contributed by atoms with Gasteiger partial charge < -0.3 is 0 Å². The van der Waals surface area contributed by atoms with E-state index in [9.17, 15) is 9.59 Å². The summed E-state index contributed by atoms with van der Waals surface area (Å²) in [5.74, 6) is -0.788. The molecule has 90 valence electrons. The lowest BCUT2D eigenvalue weighted by atomic mass is 10.0. The lowest BCUT2D eigenvalue weighted by molar-refractivity contribution is -0.114. The highest BCUT2D eigenvalue weighted by atomic mass is 16.2. The molecule has 0 saturated heterocycles. The molecule has 0 aliphatic carbocycles. The molecular weight excluding hydrogens is 224 g/mol. The third-order valence-electron chi connectivity index (χ3n) is 2.74. The maximum absolute atomic E-state index is 11.9. The monoisotopic (exact) mass is 238 g/mol. The molecule has 0 bridgehead atoms. The molecule has 2 aromatic carbocycles. The second kappa shape index (κ2) is 5.41. The Hall–Kier alpha value is -2.22. The molecule has 0 aliphatic rings. The first-order chi connectivity index (χ1) is 8.66. The van der Waals surface area contributed by atoms with Gasteiger partial charge in [0.25, 0.3) is 0 Å². The van der Waals surface area contributed by atoms with Crippen LogP contribution in [0, 0.1) is 6.92 Å². The Labute approximate surface area is 106 Å². The molecule has 0 amide bonds. The Bertz CT molecular complexity index is 571. The van der Waals surface area contributed by atoms with Gasteiger partial charge >= 0.3 is 0 Å². The normalized spacial score (nSPS) is 10.1. The van der Waals surface area contributed by atoms with E-state index in [4.69, 9.17) is 0 Å². The number of carbonyl (C=O) groups is 2. The SMILES string of the molecule is Cc1cccc(CC(=O)C(=O)c2ccccc2)c1. The van der Waals surface area contributed by atoms with Crippen molar-refractivity contribution in [1.82, 2.24) is 0 Å². The number of ketones is 2. The van der Waals surface area contributed by atoms with Gasteiger partial charge in [0.2, 0.25) is 11.6 Å². The molecule has 0 saturated carbocycles. The Kier molecular flexibility index (Phi) is 3.68. The van der Waals surface area contributed by atoms with Crippen LogP contribution in [0.5, 0.6) is 0 Å². The predicted octanol–water partition coefficient (Wildman–Crippen LogP) is 2.99. The average Bonchev–Trinajstić information content (AvgIpc) is 2.39. The third kappa shape index (κ3) is 2.92. The van der Waals surface area contributed by atoms with E-state index < -0.39 is 5.78 Å². The van der Waals surface area contributed by atoms with Crippen LogP contribution in [0.3, 0.4) is 0 Å². The molecule has 0 N–H and O–H groups in total. The number of carbonyl (C=O) groups excluding carboxylic acids is 2. The number of aryl methyl sites for hydroxylation is 1. The summed E-state index contributed by atoms with van der Waals surface area (Å²) in [5, 5.41) is 0. The fourth-order valence-corrected chi connectivity index (χ4v) is 1.84. The zero-order valence-electron chi connectivity index (χ0n) is 10.2. The standard InChI is InChI=1S/C16H14O2/c1-12-6-5-7-13(10-12)11-15(17)16(18)14-8-3-2-4-9-14/h2-10H,11H2,1H3. The van der Waals surface area contributed by atoms with Crippen molar-refractivity contribution < 1.29 is 9.59 Å². The number of hydrogen-bond donors (Lipinski definition) is 0. The van der Waals surface area contributed by atoms with Crippen LogP contribution in [0.25, 0.3) is 0 Å². The molecule has 0 fully saturated rings. The molecule has 0 aromatic heterocycles. The molecule has 0 aliphatic heterocycles. The molecule has 2 rings (SSSR count). The highest BCUT2D eigenvalue weighted by Gasteiger charge is 2.15. The maximum Gasteiger partial charge on any atom is 0.228 e. The summed E-state index contributed by atoms with van der Waals surface area (Å²) < 4.78 is 0. The molecule has 2 heteroatoms. The highest BCUT2D eigenvalue weighted by molar-refractivity contribution is 6.44. The van der Waals surface area contributed by atoms with Gasteiger partial charge in [-0.25, -0.2) is 0 Å². The molecule has 0 atom stereocenters. The summed E-state index contributed by atoms with van der Waals surface area (Å²) >= 11 is 0. The van der Waals surface area contributed by atoms with Crippen molar-refractivity contribution in [1.29, 1.82) is 0 Å². The van der Waals surface area contributed by atoms with Gasteiger partial charge in [0.1, 0.15) is 0 Å². The summed E-state index contributed by atoms with van der Waals surface area (Å²) in [5.41, 5.74) is 2.42. The van der Waals surface area contributed by atoms with Crippen molar-refractivity contribution in [2.75, 3.05) is 0 Å². The minimum Gasteiger partial charge on any atom is -0.290 e. The lowest BCUT2D eigenvalue weighted by Crippen LogP contribution is -2.16. The van der Waals surface area contributed by atoms with Crippen LogP contribution in [0.1, 0.15) is 21.5 Å². The summed E-state index contributed by atoms with van der Waals surface area (Å²) in [6.07, 6.45) is 0.162. The molecule has 0 heterocycles. The molecule has 0 unspecified atom stereocenters. The van der Waals surface area contributed by atoms with Crippen molar-refractivity contribution >= 4 is 11.6 Å². The number of benzene rings is 2. The minimum absolute atomic E-state index is 0.162. The molecule has 2 nitrogen and oxygen atoms in total. The van der Waals surface area contributed by atoms with Gasteiger partial charge in [-0.1, -0.05) is 60.2 Å². The minimum atomic E-state index is -0.419. The first kappa shape index (κ1) is 12.2. The van der Waals surface area contributed by atoms with Crippen molar-refractivity contribution in [3.8, 4) is 0 Å². The zero-order chi connectivity index (χ0) is 13.0. The van der Waals surface area contributed by atoms with Crippen molar-refractivity contribution in [2.24, 2.45) is 0 Å². The van der Waals surface area contributed by atoms with Crippen molar-refractivity contribution in [2.45, 2.75) is 13.3 Å². The Morgan fingerprint density at radius 2 is 1.67 bits per heavy atom. The van der Waals surface area contributed by atoms with E-state index in [1.807, 2.05) is 37.3 Å². The summed E-state index contributed by atoms with van der Waals surface area (Å²) in [6.45, 7) is 1.97. The van der Waals surface area contributed by atoms with E-state index >= 15 is 0 Å². The first-order valence-electron chi connectivity index (χ1n) is 5.85. The molecule has 0 spiro atoms. The first-order valence-corrected chi connectivity index (χ1v) is 5.85. The number of Topliss-reactive ketones (excluding diaryl/α,β-unsaturated/α-hetero) is 2. The van der Waals surface area contributed by atoms with Crippen LogP contribution in [-0.4, -0.2) is 11.6 Å². The summed E-state index contributed by atoms with van der Waals surface area (Å²) in [7, 11) is 0. The fraction of sp³-hybridized carbons (Fsp3) is 0.125. The summed E-state index contributed by atoms with van der Waals surface area (Å²) in [4.78, 5) is 23.8. The van der Waals surface area contributed by atoms with Crippen LogP contribution < -0.4 is 0 Å². The van der Waals surface area contributed by atoms with Crippen molar-refractivity contribution in [3.63, 3.8) is 0 Å². The quantitative estimate of drug-likeness (QED) is 0.606. The second-order valence-corrected chi connectivity index (χ2v) is 4.28. The van der Waals surface area contributed by atoms with Gasteiger partial charge in [-0.15, -0.1) is 0 Å². The number of rotatable bonds is 4. The van der Waals surface area contributed by atoms with Gasteiger partial charge in [0, 0.05) is 12.0 Å². The maximum atomic E-state index is 11.9. The summed E-state index contributed by atoms with van der Waals surface area (Å²) in [6, 6.07) is 16.3. The second-order valence-electron chi connectivity index (χ2n) is 4.28. The largest absolute Gasteiger partial charge is 0.290 e. The fourth-order valence-electron chi connectivity index (χ4n) is 1.84. The van der Waals surface area contributed by atoms with Crippen LogP contribution in [0.2, 0.25) is 0 Å². The van der Waals surface area contributed by atoms with Crippen LogP contribution in [-0.2, 0) is 11.2 Å². The zero-order valence-corrected chi connectivity index (χ0v) is 10.2. The topological polar surface area (TPSA) is 34.1 Å². The van der Waals surface area contributed by atoms with E-state index in [-0.39, 0.29) is 12.2 Å². The molecule has 18 heavy (non-hydrogen) atoms. The van der Waals surface area contributed by atoms with E-state index in [1.165, 1.54) is 0 Å². The smallest absolute Gasteiger partial charge is 0.228 e. The van der Waals surface area contributed by atoms with Gasteiger partial charge in [-0.3, -0.25) is 9.59 Å². The van der Waals surface area contributed by atoms with Gasteiger partial charge in [-0.2, -0.15) is 0 Å². The van der Waals surface area contributed by atoms with E-state index in [0.717, 1.165) is 11.1 Å². The van der Waals surface area contributed by atoms with Gasteiger partial charge in [0.15, 0.2) is 0 Å². The van der Waals surface area contributed by atoms with Gasteiger partial charge in [-0.05, 0) is 12.5 Å². The highest BCUT2D eigenvalue weighted by Crippen LogP contribution is 2.08. The molecular formula is C16H14O2. The lowest BCUT2D eigenvalue weighted by Gasteiger charge is -2.02. The van der Waals surface area contributed by atoms with E-state index in [0.29, 0.717) is 5.56 Å². The Morgan fingerprint density at radius 3 is 2.33 bits per heavy atom. The number of hydrogen-bond acceptors (Lipinski definition) is 2. The third-order valence-corrected chi connectivity index (χ3v) is 2.74.